The summed E-state index contributed by atoms with van der Waals surface area (Å²) in [7, 11) is 0. The van der Waals surface area contributed by atoms with Gasteiger partial charge in [0.05, 0.1) is 16.9 Å². The molecule has 3 aromatic rings. The minimum Gasteiger partial charge on any atom is -0.332 e. The number of nitrogens with zero attached hydrogens (tertiary/aromatic N) is 2. The summed E-state index contributed by atoms with van der Waals surface area (Å²) in [4.78, 5) is 42.5. The van der Waals surface area contributed by atoms with Crippen molar-refractivity contribution in [2.24, 2.45) is 0 Å². The van der Waals surface area contributed by atoms with Gasteiger partial charge in [0.2, 0.25) is 5.91 Å². The number of halogens is 2. The number of piperazine rings is 1. The lowest BCUT2D eigenvalue weighted by Crippen LogP contribution is -2.51. The topological polar surface area (TPSA) is 87.2 Å². The predicted octanol–water partition coefficient (Wildman–Crippen LogP) is 1.94. The Morgan fingerprint density at radius 3 is 2.72 bits per heavy atom. The second-order valence-electron chi connectivity index (χ2n) is 6.73. The van der Waals surface area contributed by atoms with Crippen molar-refractivity contribution in [2.45, 2.75) is 12.6 Å². The van der Waals surface area contributed by atoms with Crippen LogP contribution in [0.5, 0.6) is 0 Å². The molecule has 9 heteroatoms. The number of hydrogen-bond acceptors (Lipinski definition) is 4. The normalized spacial score (nSPS) is 16.4. The highest BCUT2D eigenvalue weighted by atomic mass is 35.5. The summed E-state index contributed by atoms with van der Waals surface area (Å²) in [6, 6.07) is 13.9. The summed E-state index contributed by atoms with van der Waals surface area (Å²) < 4.78 is 0.960. The van der Waals surface area contributed by atoms with E-state index >= 15 is 0 Å². The van der Waals surface area contributed by atoms with E-state index in [0.717, 1.165) is 10.1 Å². The van der Waals surface area contributed by atoms with Crippen molar-refractivity contribution in [3.8, 4) is 0 Å². The summed E-state index contributed by atoms with van der Waals surface area (Å²) in [6.07, 6.45) is 0. The van der Waals surface area contributed by atoms with E-state index in [9.17, 15) is 14.4 Å². The molecule has 152 valence electrons. The highest BCUT2D eigenvalue weighted by Crippen LogP contribution is 2.24. The Labute approximate surface area is 177 Å². The van der Waals surface area contributed by atoms with Gasteiger partial charge in [-0.15, -0.1) is 12.4 Å². The van der Waals surface area contributed by atoms with Gasteiger partial charge in [-0.1, -0.05) is 35.9 Å². The van der Waals surface area contributed by atoms with Gasteiger partial charge in [0.1, 0.15) is 6.54 Å². The Hall–Kier alpha value is -2.61. The van der Waals surface area contributed by atoms with Gasteiger partial charge in [-0.05, 0) is 29.8 Å². The second kappa shape index (κ2) is 8.82. The van der Waals surface area contributed by atoms with E-state index in [-0.39, 0.29) is 30.9 Å². The van der Waals surface area contributed by atoms with E-state index in [1.54, 1.807) is 35.2 Å². The van der Waals surface area contributed by atoms with Crippen molar-refractivity contribution < 1.29 is 4.79 Å². The van der Waals surface area contributed by atoms with Crippen molar-refractivity contribution in [3.63, 3.8) is 0 Å². The molecular formula is C20H20Cl2N4O3. The van der Waals surface area contributed by atoms with E-state index in [4.69, 9.17) is 11.6 Å². The lowest BCUT2D eigenvalue weighted by molar-refractivity contribution is -0.135. The molecule has 1 atom stereocenters. The van der Waals surface area contributed by atoms with E-state index < -0.39 is 11.2 Å². The molecule has 2 aromatic carbocycles. The summed E-state index contributed by atoms with van der Waals surface area (Å²) >= 11 is 6.10. The molecule has 0 bridgehead atoms. The Morgan fingerprint density at radius 1 is 1.14 bits per heavy atom. The number of nitrogens with one attached hydrogen (secondary N) is 2. The third-order valence-electron chi connectivity index (χ3n) is 4.98. The number of hydrogen-bond donors (Lipinski definition) is 2. The Kier molecular flexibility index (Phi) is 6.42. The van der Waals surface area contributed by atoms with Gasteiger partial charge in [-0.2, -0.15) is 0 Å². The van der Waals surface area contributed by atoms with E-state index in [1.165, 1.54) is 0 Å². The van der Waals surface area contributed by atoms with Crippen LogP contribution in [0.25, 0.3) is 10.9 Å². The zero-order valence-corrected chi connectivity index (χ0v) is 17.0. The second-order valence-corrected chi connectivity index (χ2v) is 7.17. The number of benzene rings is 2. The minimum atomic E-state index is -0.591. The van der Waals surface area contributed by atoms with E-state index in [1.807, 2.05) is 18.2 Å². The number of para-hydroxylation sites is 1. The number of rotatable bonds is 3. The maximum atomic E-state index is 13.0. The molecule has 1 fully saturated rings. The van der Waals surface area contributed by atoms with Crippen LogP contribution in [0.1, 0.15) is 11.6 Å². The van der Waals surface area contributed by atoms with Crippen LogP contribution < -0.4 is 16.6 Å². The highest BCUT2D eigenvalue weighted by Gasteiger charge is 2.28. The van der Waals surface area contributed by atoms with Gasteiger partial charge in [-0.25, -0.2) is 4.79 Å². The average molecular weight is 435 g/mol. The Morgan fingerprint density at radius 2 is 1.93 bits per heavy atom. The van der Waals surface area contributed by atoms with Crippen LogP contribution >= 0.6 is 24.0 Å². The first-order valence-corrected chi connectivity index (χ1v) is 9.40. The quantitative estimate of drug-likeness (QED) is 0.659. The van der Waals surface area contributed by atoms with Crippen molar-refractivity contribution in [2.75, 3.05) is 19.6 Å². The van der Waals surface area contributed by atoms with Crippen LogP contribution in [0.2, 0.25) is 5.02 Å². The van der Waals surface area contributed by atoms with Crippen LogP contribution in [-0.2, 0) is 11.3 Å². The summed E-state index contributed by atoms with van der Waals surface area (Å²) in [5.41, 5.74) is 0.307. The molecule has 4 rings (SSSR count). The van der Waals surface area contributed by atoms with Crippen molar-refractivity contribution in [1.29, 1.82) is 0 Å². The third kappa shape index (κ3) is 4.22. The number of fused-ring (bicyclic) bond motifs is 1. The van der Waals surface area contributed by atoms with Crippen molar-refractivity contribution >= 4 is 40.8 Å². The Bertz CT molecular complexity index is 1160. The molecule has 29 heavy (non-hydrogen) atoms. The number of aromatic nitrogens is 2. The number of carbonyl (C=O) groups excluding carboxylic acids is 1. The number of amides is 1. The molecule has 1 aromatic heterocycles. The fraction of sp³-hybridized carbons (Fsp3) is 0.250. The molecule has 1 unspecified atom stereocenters. The monoisotopic (exact) mass is 434 g/mol. The van der Waals surface area contributed by atoms with Crippen LogP contribution in [0, 0.1) is 0 Å². The standard InChI is InChI=1S/C20H19ClN4O3.ClH/c21-14-5-3-4-13(10-14)17-11-22-8-9-24(17)18(26)12-25-19(27)15-6-1-2-7-16(15)23-20(25)28;/h1-7,10,17,22H,8-9,11-12H2,(H,23,28);1H. The first kappa shape index (κ1) is 21.1. The van der Waals surface area contributed by atoms with Gasteiger partial charge in [0, 0.05) is 24.7 Å². The highest BCUT2D eigenvalue weighted by molar-refractivity contribution is 6.30. The maximum absolute atomic E-state index is 13.0. The summed E-state index contributed by atoms with van der Waals surface area (Å²) in [5.74, 6) is -0.283. The molecule has 0 saturated carbocycles. The molecule has 0 aliphatic carbocycles. The lowest BCUT2D eigenvalue weighted by Gasteiger charge is -2.36. The van der Waals surface area contributed by atoms with Crippen molar-refractivity contribution in [1.82, 2.24) is 19.8 Å². The smallest absolute Gasteiger partial charge is 0.329 e. The molecule has 0 radical (unpaired) electrons. The molecule has 7 nitrogen and oxygen atoms in total. The van der Waals surface area contributed by atoms with Gasteiger partial charge < -0.3 is 15.2 Å². The van der Waals surface area contributed by atoms with Gasteiger partial charge in [-0.3, -0.25) is 14.2 Å². The molecule has 1 saturated heterocycles. The zero-order valence-electron chi connectivity index (χ0n) is 15.4. The molecule has 1 amide bonds. The SMILES string of the molecule is Cl.O=C(Cn1c(=O)[nH]c2ccccc2c1=O)N1CCNCC1c1cccc(Cl)c1. The van der Waals surface area contributed by atoms with Crippen LogP contribution in [0.4, 0.5) is 0 Å². The van der Waals surface area contributed by atoms with E-state index in [0.29, 0.717) is 35.6 Å². The molecule has 0 spiro atoms. The first-order chi connectivity index (χ1) is 13.5. The minimum absolute atomic E-state index is 0. The van der Waals surface area contributed by atoms with Gasteiger partial charge >= 0.3 is 5.69 Å². The number of aromatic amines is 1. The predicted molar refractivity (Wildman–Crippen MR) is 115 cm³/mol. The fourth-order valence-corrected chi connectivity index (χ4v) is 3.78. The van der Waals surface area contributed by atoms with Gasteiger partial charge in [0.25, 0.3) is 5.56 Å². The molecular weight excluding hydrogens is 415 g/mol. The van der Waals surface area contributed by atoms with E-state index in [2.05, 4.69) is 10.3 Å². The molecule has 1 aliphatic heterocycles. The molecule has 2 N–H and O–H groups in total. The van der Waals surface area contributed by atoms with Crippen LogP contribution in [-0.4, -0.2) is 40.0 Å². The van der Waals surface area contributed by atoms with Gasteiger partial charge in [0.15, 0.2) is 0 Å². The van der Waals surface area contributed by atoms with Crippen LogP contribution in [0.3, 0.4) is 0 Å². The molecule has 2 heterocycles. The third-order valence-corrected chi connectivity index (χ3v) is 5.22. The summed E-state index contributed by atoms with van der Waals surface area (Å²) in [5, 5.41) is 4.25. The van der Waals surface area contributed by atoms with Crippen LogP contribution in [0.15, 0.2) is 58.1 Å². The number of H-pyrrole nitrogens is 1. The molecule has 1 aliphatic rings. The van der Waals surface area contributed by atoms with Crippen molar-refractivity contribution in [3.05, 3.63) is 80.0 Å². The average Bonchev–Trinajstić information content (AvgIpc) is 2.71. The Balaban J connectivity index is 0.00000240. The largest absolute Gasteiger partial charge is 0.332 e. The summed E-state index contributed by atoms with van der Waals surface area (Å²) in [6.45, 7) is 1.40. The lowest BCUT2D eigenvalue weighted by atomic mass is 10.0. The maximum Gasteiger partial charge on any atom is 0.329 e. The zero-order chi connectivity index (χ0) is 19.7. The fourth-order valence-electron chi connectivity index (χ4n) is 3.58. The number of carbonyl (C=O) groups is 1. The first-order valence-electron chi connectivity index (χ1n) is 9.02.